The second kappa shape index (κ2) is 5.91. The Morgan fingerprint density at radius 1 is 1.78 bits per heavy atom. The largest absolute Gasteiger partial charge is 0.396 e. The predicted octanol–water partition coefficient (Wildman–Crippen LogP) is -0.0829. The van der Waals surface area contributed by atoms with Crippen LogP contribution in [-0.2, 0) is 0 Å². The lowest BCUT2D eigenvalue weighted by Crippen LogP contribution is -2.14. The molecular weight excluding hydrogens is 136 g/mol. The zero-order valence-electron chi connectivity index (χ0n) is 5.72. The first-order valence-corrected chi connectivity index (χ1v) is 3.72. The fraction of sp³-hybridized carbons (Fsp3) is 0.800. The second-order valence-corrected chi connectivity index (χ2v) is 2.43. The molecule has 0 saturated carbocycles. The summed E-state index contributed by atoms with van der Waals surface area (Å²) in [5, 5.41) is 12.2. The molecule has 0 radical (unpaired) electrons. The SMILES string of the molecule is CN=C(NC)SCCO. The summed E-state index contributed by atoms with van der Waals surface area (Å²) >= 11 is 1.51. The third-order valence-electron chi connectivity index (χ3n) is 0.747. The number of aliphatic imine (C=N–C) groups is 1. The van der Waals surface area contributed by atoms with E-state index in [0.717, 1.165) is 5.17 Å². The van der Waals surface area contributed by atoms with Crippen molar-refractivity contribution in [1.29, 1.82) is 0 Å². The van der Waals surface area contributed by atoms with Gasteiger partial charge in [-0.1, -0.05) is 11.8 Å². The first-order valence-electron chi connectivity index (χ1n) is 2.73. The number of nitrogens with zero attached hydrogens (tertiary/aromatic N) is 1. The van der Waals surface area contributed by atoms with Crippen LogP contribution < -0.4 is 5.32 Å². The summed E-state index contributed by atoms with van der Waals surface area (Å²) < 4.78 is 0. The molecule has 0 heterocycles. The summed E-state index contributed by atoms with van der Waals surface area (Å²) in [6, 6.07) is 0. The van der Waals surface area contributed by atoms with Crippen LogP contribution in [0.4, 0.5) is 0 Å². The summed E-state index contributed by atoms with van der Waals surface area (Å²) in [5.74, 6) is 0.702. The highest BCUT2D eigenvalue weighted by molar-refractivity contribution is 8.13. The van der Waals surface area contributed by atoms with Gasteiger partial charge in [-0.15, -0.1) is 0 Å². The number of aliphatic hydroxyl groups is 1. The van der Waals surface area contributed by atoms with Crippen molar-refractivity contribution >= 4 is 16.9 Å². The van der Waals surface area contributed by atoms with Gasteiger partial charge in [0.1, 0.15) is 0 Å². The van der Waals surface area contributed by atoms with Gasteiger partial charge < -0.3 is 10.4 Å². The van der Waals surface area contributed by atoms with E-state index < -0.39 is 0 Å². The molecule has 0 aliphatic rings. The molecule has 0 bridgehead atoms. The van der Waals surface area contributed by atoms with Crippen molar-refractivity contribution in [2.45, 2.75) is 0 Å². The first-order chi connectivity index (χ1) is 4.35. The molecule has 0 aromatic rings. The lowest BCUT2D eigenvalue weighted by molar-refractivity contribution is 0.323. The Morgan fingerprint density at radius 3 is 2.78 bits per heavy atom. The van der Waals surface area contributed by atoms with E-state index in [1.807, 2.05) is 7.05 Å². The van der Waals surface area contributed by atoms with Crippen LogP contribution in [0.25, 0.3) is 0 Å². The minimum absolute atomic E-state index is 0.200. The van der Waals surface area contributed by atoms with Gasteiger partial charge in [-0.3, -0.25) is 4.99 Å². The zero-order valence-corrected chi connectivity index (χ0v) is 6.53. The van der Waals surface area contributed by atoms with Crippen LogP contribution in [-0.4, -0.2) is 36.7 Å². The number of amidine groups is 1. The molecule has 0 aromatic carbocycles. The van der Waals surface area contributed by atoms with Crippen molar-refractivity contribution in [3.63, 3.8) is 0 Å². The maximum Gasteiger partial charge on any atom is 0.156 e. The van der Waals surface area contributed by atoms with E-state index >= 15 is 0 Å². The Bertz CT molecular complexity index is 95.0. The summed E-state index contributed by atoms with van der Waals surface area (Å²) in [6.07, 6.45) is 0. The number of nitrogens with one attached hydrogen (secondary N) is 1. The highest BCUT2D eigenvalue weighted by atomic mass is 32.2. The number of thioether (sulfide) groups is 1. The van der Waals surface area contributed by atoms with Gasteiger partial charge in [0.25, 0.3) is 0 Å². The summed E-state index contributed by atoms with van der Waals surface area (Å²) in [5.41, 5.74) is 0. The highest BCUT2D eigenvalue weighted by Gasteiger charge is 1.91. The molecule has 0 rings (SSSR count). The third kappa shape index (κ3) is 4.29. The molecule has 54 valence electrons. The molecule has 0 spiro atoms. The molecule has 0 aliphatic carbocycles. The molecule has 0 unspecified atom stereocenters. The van der Waals surface area contributed by atoms with Crippen molar-refractivity contribution in [3.05, 3.63) is 0 Å². The highest BCUT2D eigenvalue weighted by Crippen LogP contribution is 1.98. The lowest BCUT2D eigenvalue weighted by Gasteiger charge is -2.00. The van der Waals surface area contributed by atoms with Gasteiger partial charge >= 0.3 is 0 Å². The summed E-state index contributed by atoms with van der Waals surface area (Å²) in [7, 11) is 3.53. The van der Waals surface area contributed by atoms with Crippen molar-refractivity contribution in [2.24, 2.45) is 4.99 Å². The van der Waals surface area contributed by atoms with E-state index in [1.54, 1.807) is 7.05 Å². The molecule has 3 nitrogen and oxygen atoms in total. The van der Waals surface area contributed by atoms with Gasteiger partial charge in [0.15, 0.2) is 5.17 Å². The van der Waals surface area contributed by atoms with E-state index in [9.17, 15) is 0 Å². The zero-order chi connectivity index (χ0) is 7.11. The van der Waals surface area contributed by atoms with Crippen molar-refractivity contribution in [1.82, 2.24) is 5.32 Å². The summed E-state index contributed by atoms with van der Waals surface area (Å²) in [4.78, 5) is 3.90. The number of aliphatic hydroxyl groups excluding tert-OH is 1. The fourth-order valence-corrected chi connectivity index (χ4v) is 0.949. The lowest BCUT2D eigenvalue weighted by atomic mass is 10.9. The monoisotopic (exact) mass is 148 g/mol. The van der Waals surface area contributed by atoms with Crippen molar-refractivity contribution in [2.75, 3.05) is 26.5 Å². The number of rotatable bonds is 2. The number of hydrogen-bond acceptors (Lipinski definition) is 3. The molecular formula is C5H12N2OS. The Morgan fingerprint density at radius 2 is 2.44 bits per heavy atom. The van der Waals surface area contributed by atoms with Gasteiger partial charge in [-0.2, -0.15) is 0 Å². The van der Waals surface area contributed by atoms with Crippen LogP contribution in [0.3, 0.4) is 0 Å². The molecule has 0 aliphatic heterocycles. The molecule has 0 saturated heterocycles. The van der Waals surface area contributed by atoms with Crippen LogP contribution in [0.15, 0.2) is 4.99 Å². The van der Waals surface area contributed by atoms with Crippen LogP contribution in [0.5, 0.6) is 0 Å². The molecule has 9 heavy (non-hydrogen) atoms. The molecule has 0 aromatic heterocycles. The normalized spacial score (nSPS) is 11.7. The smallest absolute Gasteiger partial charge is 0.156 e. The summed E-state index contributed by atoms with van der Waals surface area (Å²) in [6.45, 7) is 0.200. The van der Waals surface area contributed by atoms with Gasteiger partial charge in [0, 0.05) is 19.8 Å². The van der Waals surface area contributed by atoms with E-state index in [4.69, 9.17) is 5.11 Å². The standard InChI is InChI=1S/C5H12N2OS/c1-6-5(7-2)9-4-3-8/h8H,3-4H2,1-2H3,(H,6,7). The van der Waals surface area contributed by atoms with E-state index in [1.165, 1.54) is 11.8 Å². The molecule has 2 N–H and O–H groups in total. The van der Waals surface area contributed by atoms with Crippen LogP contribution in [0.2, 0.25) is 0 Å². The van der Waals surface area contributed by atoms with Gasteiger partial charge in [-0.25, -0.2) is 0 Å². The van der Waals surface area contributed by atoms with Crippen molar-refractivity contribution < 1.29 is 5.11 Å². The average molecular weight is 148 g/mol. The van der Waals surface area contributed by atoms with Gasteiger partial charge in [0.2, 0.25) is 0 Å². The maximum absolute atomic E-state index is 8.40. The quantitative estimate of drug-likeness (QED) is 0.425. The topological polar surface area (TPSA) is 44.6 Å². The fourth-order valence-electron chi connectivity index (χ4n) is 0.391. The first kappa shape index (κ1) is 8.78. The van der Waals surface area contributed by atoms with Gasteiger partial charge in [-0.05, 0) is 0 Å². The third-order valence-corrected chi connectivity index (χ3v) is 1.79. The van der Waals surface area contributed by atoms with Gasteiger partial charge in [0.05, 0.1) is 6.61 Å². The van der Waals surface area contributed by atoms with E-state index in [-0.39, 0.29) is 6.61 Å². The Hall–Kier alpha value is -0.220. The van der Waals surface area contributed by atoms with Crippen LogP contribution in [0.1, 0.15) is 0 Å². The minimum atomic E-state index is 0.200. The second-order valence-electron chi connectivity index (χ2n) is 1.35. The Kier molecular flexibility index (Phi) is 5.76. The van der Waals surface area contributed by atoms with E-state index in [0.29, 0.717) is 5.75 Å². The average Bonchev–Trinajstić information content (AvgIpc) is 1.91. The minimum Gasteiger partial charge on any atom is -0.396 e. The van der Waals surface area contributed by atoms with Crippen LogP contribution in [0, 0.1) is 0 Å². The maximum atomic E-state index is 8.40. The molecule has 0 fully saturated rings. The Balaban J connectivity index is 3.33. The molecule has 0 amide bonds. The number of hydrogen-bond donors (Lipinski definition) is 2. The molecule has 4 heteroatoms. The van der Waals surface area contributed by atoms with E-state index in [2.05, 4.69) is 10.3 Å². The Labute approximate surface area is 59.6 Å². The van der Waals surface area contributed by atoms with Crippen molar-refractivity contribution in [3.8, 4) is 0 Å². The van der Waals surface area contributed by atoms with Crippen LogP contribution >= 0.6 is 11.8 Å². The molecule has 0 atom stereocenters. The predicted molar refractivity (Wildman–Crippen MR) is 42.0 cm³/mol.